The summed E-state index contributed by atoms with van der Waals surface area (Å²) >= 11 is 0. The van der Waals surface area contributed by atoms with Crippen molar-refractivity contribution in [1.82, 2.24) is 50.1 Å². The molecule has 0 spiro atoms. The monoisotopic (exact) mass is 963 g/mol. The van der Waals surface area contributed by atoms with Crippen molar-refractivity contribution in [2.75, 3.05) is 106 Å². The van der Waals surface area contributed by atoms with Crippen LogP contribution in [0.25, 0.3) is 0 Å². The number of pyridine rings is 1. The Morgan fingerprint density at radius 3 is 2.39 bits per heavy atom. The van der Waals surface area contributed by atoms with E-state index in [0.717, 1.165) is 123 Å². The normalized spacial score (nSPS) is 23.5. The molecular formula is C51H61N15O5. The van der Waals surface area contributed by atoms with Gasteiger partial charge in [-0.05, 0) is 117 Å². The van der Waals surface area contributed by atoms with Crippen LogP contribution in [0.15, 0.2) is 71.0 Å². The van der Waals surface area contributed by atoms with Gasteiger partial charge in [-0.1, -0.05) is 11.2 Å². The zero-order valence-electron chi connectivity index (χ0n) is 40.9. The van der Waals surface area contributed by atoms with Crippen LogP contribution >= 0.6 is 0 Å². The number of hydrogen-bond donors (Lipinski definition) is 2. The lowest BCUT2D eigenvalue weighted by molar-refractivity contribution is -0.136. The number of nitrogens with one attached hydrogen (secondary N) is 2. The lowest BCUT2D eigenvalue weighted by Gasteiger charge is -2.42. The summed E-state index contributed by atoms with van der Waals surface area (Å²) in [6.45, 7) is 18.5. The summed E-state index contributed by atoms with van der Waals surface area (Å²) in [5.74, 6) is 0.107. The molecule has 370 valence electrons. The Kier molecular flexibility index (Phi) is 12.5. The van der Waals surface area contributed by atoms with E-state index in [1.807, 2.05) is 62.3 Å². The summed E-state index contributed by atoms with van der Waals surface area (Å²) in [6, 6.07) is 14.7. The minimum atomic E-state index is -0.965. The number of fused-ring (bicyclic) bond motifs is 3. The number of anilines is 4. The second kappa shape index (κ2) is 19.0. The van der Waals surface area contributed by atoms with Gasteiger partial charge in [0.05, 0.1) is 35.0 Å². The quantitative estimate of drug-likeness (QED) is 0.208. The summed E-state index contributed by atoms with van der Waals surface area (Å²) in [5.41, 5.74) is 7.72. The van der Waals surface area contributed by atoms with Crippen molar-refractivity contribution in [2.45, 2.75) is 71.1 Å². The zero-order chi connectivity index (χ0) is 49.1. The molecule has 1 unspecified atom stereocenters. The van der Waals surface area contributed by atoms with E-state index in [1.54, 1.807) is 16.8 Å². The van der Waals surface area contributed by atoms with Crippen LogP contribution < -0.4 is 25.3 Å². The summed E-state index contributed by atoms with van der Waals surface area (Å²) in [4.78, 5) is 89.6. The predicted molar refractivity (Wildman–Crippen MR) is 266 cm³/mol. The fraction of sp³-hybridized carbons (Fsp3) is 0.490. The third-order valence-electron chi connectivity index (χ3n) is 15.9. The van der Waals surface area contributed by atoms with Gasteiger partial charge in [-0.25, -0.2) is 9.67 Å². The van der Waals surface area contributed by atoms with Crippen LogP contribution in [0.1, 0.15) is 89.9 Å². The fourth-order valence-corrected chi connectivity index (χ4v) is 11.6. The zero-order valence-corrected chi connectivity index (χ0v) is 40.9. The Hall–Kier alpha value is -6.90. The van der Waals surface area contributed by atoms with E-state index in [0.29, 0.717) is 46.8 Å². The third kappa shape index (κ3) is 8.86. The molecule has 4 aromatic rings. The van der Waals surface area contributed by atoms with Gasteiger partial charge in [-0.3, -0.25) is 49.0 Å². The van der Waals surface area contributed by atoms with E-state index in [-0.39, 0.29) is 30.7 Å². The van der Waals surface area contributed by atoms with Gasteiger partial charge in [0, 0.05) is 119 Å². The minimum absolute atomic E-state index is 0.0991. The third-order valence-corrected chi connectivity index (χ3v) is 15.9. The Morgan fingerprint density at radius 1 is 0.817 bits per heavy atom. The van der Waals surface area contributed by atoms with Gasteiger partial charge >= 0.3 is 0 Å². The van der Waals surface area contributed by atoms with Gasteiger partial charge in [0.15, 0.2) is 0 Å². The van der Waals surface area contributed by atoms with Crippen LogP contribution in [-0.4, -0.2) is 178 Å². The Balaban J connectivity index is 0.622. The molecule has 4 fully saturated rings. The highest BCUT2D eigenvalue weighted by atomic mass is 16.2. The maximum absolute atomic E-state index is 13.7. The van der Waals surface area contributed by atoms with E-state index in [4.69, 9.17) is 9.98 Å². The van der Waals surface area contributed by atoms with Crippen molar-refractivity contribution >= 4 is 58.4 Å². The van der Waals surface area contributed by atoms with Gasteiger partial charge in [0.1, 0.15) is 11.9 Å². The highest BCUT2D eigenvalue weighted by Crippen LogP contribution is 2.35. The number of carbonyl (C=O) groups is 5. The van der Waals surface area contributed by atoms with Crippen LogP contribution in [0.3, 0.4) is 0 Å². The second-order valence-corrected chi connectivity index (χ2v) is 20.1. The first-order valence-corrected chi connectivity index (χ1v) is 25.1. The van der Waals surface area contributed by atoms with Gasteiger partial charge in [-0.15, -0.1) is 0 Å². The van der Waals surface area contributed by atoms with Crippen LogP contribution in [0, 0.1) is 5.92 Å². The lowest BCUT2D eigenvalue weighted by atomic mass is 9.96. The number of rotatable bonds is 11. The number of aromatic nitrogens is 5. The topological polar surface area (TPSA) is 201 Å². The minimum Gasteiger partial charge on any atom is -0.369 e. The van der Waals surface area contributed by atoms with Crippen molar-refractivity contribution in [3.63, 3.8) is 0 Å². The second-order valence-electron chi connectivity index (χ2n) is 20.1. The summed E-state index contributed by atoms with van der Waals surface area (Å²) < 4.78 is 1.66. The largest absolute Gasteiger partial charge is 0.369 e. The number of likely N-dealkylation sites (tertiary alicyclic amines) is 1. The molecule has 9 heterocycles. The molecule has 4 saturated heterocycles. The number of allylic oxidation sites excluding steroid dienone is 1. The predicted octanol–water partition coefficient (Wildman–Crippen LogP) is 2.79. The molecule has 0 aliphatic carbocycles. The standard InChI is InChI=1S/C51H61N15O5/c1-31-29-64(43-25-35(11-14-52-43)46-40-26-37(6-5-36(40)28-53-46)54-48(69)45-32(2)59(4)51-56-57-58-66(51)33(45)3)24-23-62(31)20-17-60-15-12-34(13-16-60)30-61-18-21-63(22-19-61)38-7-8-39-41(27-38)50(71)65(49(39)70)42-9-10-44(67)55-47(42)68/h5-8,11,14,25-27,31,33-34,42H,9-10,12-13,15-24,28-30H2,1-4H3,(H,54,69)(H,55,67,68)/t31-,33-,42?/m0/s1. The van der Waals surface area contributed by atoms with E-state index < -0.39 is 23.8 Å². The maximum atomic E-state index is 13.7. The average molecular weight is 964 g/mol. The lowest BCUT2D eigenvalue weighted by Crippen LogP contribution is -2.54. The van der Waals surface area contributed by atoms with E-state index in [9.17, 15) is 24.0 Å². The molecule has 0 saturated carbocycles. The fourth-order valence-electron chi connectivity index (χ4n) is 11.6. The number of amides is 5. The first-order chi connectivity index (χ1) is 34.4. The van der Waals surface area contributed by atoms with Crippen molar-refractivity contribution < 1.29 is 24.0 Å². The summed E-state index contributed by atoms with van der Waals surface area (Å²) in [6.07, 6.45) is 4.52. The average Bonchev–Trinajstić information content (AvgIpc) is 4.10. The number of piperidine rings is 2. The van der Waals surface area contributed by atoms with Gasteiger partial charge < -0.3 is 24.9 Å². The maximum Gasteiger partial charge on any atom is 0.262 e. The van der Waals surface area contributed by atoms with Crippen molar-refractivity contribution in [2.24, 2.45) is 10.9 Å². The van der Waals surface area contributed by atoms with Crippen molar-refractivity contribution in [3.8, 4) is 0 Å². The van der Waals surface area contributed by atoms with Crippen molar-refractivity contribution in [3.05, 3.63) is 93.8 Å². The Labute approximate surface area is 412 Å². The van der Waals surface area contributed by atoms with Crippen LogP contribution in [0.4, 0.5) is 23.1 Å². The highest BCUT2D eigenvalue weighted by molar-refractivity contribution is 6.24. The molecule has 20 nitrogen and oxygen atoms in total. The highest BCUT2D eigenvalue weighted by Gasteiger charge is 2.45. The number of piperazine rings is 2. The first kappa shape index (κ1) is 46.5. The van der Waals surface area contributed by atoms with E-state index >= 15 is 0 Å². The van der Waals surface area contributed by atoms with Crippen LogP contribution in [-0.2, 0) is 20.9 Å². The molecule has 2 aromatic carbocycles. The van der Waals surface area contributed by atoms with Gasteiger partial charge in [-0.2, -0.15) is 0 Å². The molecule has 3 atom stereocenters. The van der Waals surface area contributed by atoms with Crippen LogP contribution in [0.5, 0.6) is 0 Å². The van der Waals surface area contributed by atoms with Gasteiger partial charge in [0.2, 0.25) is 17.8 Å². The number of nitrogens with zero attached hydrogens (tertiary/aromatic N) is 13. The molecule has 2 aromatic heterocycles. The first-order valence-electron chi connectivity index (χ1n) is 25.1. The molecule has 5 amide bonds. The molecule has 7 aliphatic rings. The smallest absolute Gasteiger partial charge is 0.262 e. The Morgan fingerprint density at radius 2 is 1.61 bits per heavy atom. The molecule has 2 N–H and O–H groups in total. The van der Waals surface area contributed by atoms with E-state index in [2.05, 4.69) is 63.6 Å². The molecular weight excluding hydrogens is 903 g/mol. The summed E-state index contributed by atoms with van der Waals surface area (Å²) in [5, 5.41) is 17.4. The van der Waals surface area contributed by atoms with Gasteiger partial charge in [0.25, 0.3) is 17.7 Å². The Bertz CT molecular complexity index is 2860. The summed E-state index contributed by atoms with van der Waals surface area (Å²) in [7, 11) is 1.86. The number of carbonyl (C=O) groups excluding carboxylic acids is 5. The molecule has 0 radical (unpaired) electrons. The molecule has 0 bridgehead atoms. The number of aliphatic imine (C=N–C) groups is 1. The number of hydrogen-bond acceptors (Lipinski definition) is 16. The van der Waals surface area contributed by atoms with Crippen molar-refractivity contribution in [1.29, 1.82) is 0 Å². The number of benzene rings is 2. The van der Waals surface area contributed by atoms with Crippen LogP contribution in [0.2, 0.25) is 0 Å². The molecule has 71 heavy (non-hydrogen) atoms. The molecule has 7 aliphatic heterocycles. The molecule has 11 rings (SSSR count). The number of imide groups is 2. The molecule has 20 heteroatoms. The van der Waals surface area contributed by atoms with E-state index in [1.165, 1.54) is 12.8 Å². The SMILES string of the molecule is CC1=C(C(=O)Nc2ccc3c(c2)C(c2ccnc(N4CCN(CCN5CCC(CN6CCN(c7ccc8c(c7)C(=O)N(C7CCC(=O)NC7=O)C8=O)CC6)CC5)[C@@H](C)C4)c2)=NC3)[C@H](C)n2nnnc2N1C. The number of tetrazole rings is 1.